The van der Waals surface area contributed by atoms with Gasteiger partial charge >= 0.3 is 6.09 Å². The molecule has 0 bridgehead atoms. The average molecular weight is 234 g/mol. The number of nitrogens with zero attached hydrogens (tertiary/aromatic N) is 2. The van der Waals surface area contributed by atoms with Crippen molar-refractivity contribution in [1.29, 1.82) is 0 Å². The molecule has 1 amide bonds. The maximum absolute atomic E-state index is 11.7. The second-order valence-electron chi connectivity index (χ2n) is 3.95. The minimum Gasteiger partial charge on any atom is -0.409 e. The maximum Gasteiger partial charge on any atom is 0.415 e. The minimum atomic E-state index is -0.342. The molecule has 0 N–H and O–H groups in total. The minimum absolute atomic E-state index is 0.322. The number of aldehydes is 1. The Kier molecular flexibility index (Phi) is 3.69. The number of amides is 1. The molecule has 0 atom stereocenters. The second-order valence-corrected chi connectivity index (χ2v) is 3.95. The van der Waals surface area contributed by atoms with E-state index in [0.29, 0.717) is 17.7 Å². The zero-order valence-corrected chi connectivity index (χ0v) is 9.46. The number of carbonyl (C=O) groups is 2. The molecule has 1 aromatic heterocycles. The predicted molar refractivity (Wildman–Crippen MR) is 61.1 cm³/mol. The van der Waals surface area contributed by atoms with Crippen molar-refractivity contribution in [2.45, 2.75) is 19.3 Å². The lowest BCUT2D eigenvalue weighted by atomic mass is 10.1. The summed E-state index contributed by atoms with van der Waals surface area (Å²) >= 11 is 0. The van der Waals surface area contributed by atoms with Crippen molar-refractivity contribution < 1.29 is 14.3 Å². The topological polar surface area (TPSA) is 59.5 Å². The summed E-state index contributed by atoms with van der Waals surface area (Å²) in [6.07, 6.45) is 4.90. The van der Waals surface area contributed by atoms with Crippen molar-refractivity contribution >= 4 is 12.4 Å². The van der Waals surface area contributed by atoms with Crippen molar-refractivity contribution in [2.75, 3.05) is 13.1 Å². The smallest absolute Gasteiger partial charge is 0.409 e. The number of rotatable bonds is 2. The number of piperidine rings is 1. The van der Waals surface area contributed by atoms with E-state index in [-0.39, 0.29) is 6.09 Å². The monoisotopic (exact) mass is 234 g/mol. The fraction of sp³-hybridized carbons (Fsp3) is 0.417. The van der Waals surface area contributed by atoms with Crippen molar-refractivity contribution in [1.82, 2.24) is 9.88 Å². The summed E-state index contributed by atoms with van der Waals surface area (Å²) in [6, 6.07) is 3.09. The van der Waals surface area contributed by atoms with Gasteiger partial charge in [0.05, 0.1) is 6.20 Å². The first kappa shape index (κ1) is 11.6. The third-order valence-electron chi connectivity index (χ3n) is 2.70. The summed E-state index contributed by atoms with van der Waals surface area (Å²) in [5.74, 6) is 0.367. The molecule has 0 radical (unpaired) electrons. The lowest BCUT2D eigenvalue weighted by molar-refractivity contribution is 0.111. The lowest BCUT2D eigenvalue weighted by Crippen LogP contribution is -2.37. The highest BCUT2D eigenvalue weighted by Crippen LogP contribution is 2.13. The number of hydrogen-bond donors (Lipinski definition) is 0. The van der Waals surface area contributed by atoms with Gasteiger partial charge in [0.2, 0.25) is 0 Å². The number of ether oxygens (including phenoxy) is 1. The molecule has 5 heteroatoms. The van der Waals surface area contributed by atoms with Crippen LogP contribution >= 0.6 is 0 Å². The normalized spacial score (nSPS) is 15.4. The summed E-state index contributed by atoms with van der Waals surface area (Å²) in [4.78, 5) is 27.7. The first-order chi connectivity index (χ1) is 8.29. The first-order valence-corrected chi connectivity index (χ1v) is 5.67. The van der Waals surface area contributed by atoms with Crippen molar-refractivity contribution in [3.8, 4) is 5.75 Å². The highest BCUT2D eigenvalue weighted by atomic mass is 16.6. The summed E-state index contributed by atoms with van der Waals surface area (Å²) in [5.41, 5.74) is 0.322. The predicted octanol–water partition coefficient (Wildman–Crippen LogP) is 1.88. The highest BCUT2D eigenvalue weighted by molar-refractivity contribution is 5.73. The zero-order valence-electron chi connectivity index (χ0n) is 9.46. The van der Waals surface area contributed by atoms with Crippen LogP contribution in [0, 0.1) is 0 Å². The molecule has 0 aliphatic carbocycles. The zero-order chi connectivity index (χ0) is 12.1. The highest BCUT2D eigenvalue weighted by Gasteiger charge is 2.18. The molecule has 0 aromatic carbocycles. The summed E-state index contributed by atoms with van der Waals surface area (Å²) < 4.78 is 5.16. The van der Waals surface area contributed by atoms with E-state index in [1.165, 1.54) is 18.7 Å². The van der Waals surface area contributed by atoms with Gasteiger partial charge in [-0.2, -0.15) is 0 Å². The first-order valence-electron chi connectivity index (χ1n) is 5.67. The Balaban J connectivity index is 1.94. The molecule has 2 rings (SSSR count). The number of aromatic nitrogens is 1. The van der Waals surface area contributed by atoms with Crippen molar-refractivity contribution in [3.63, 3.8) is 0 Å². The van der Waals surface area contributed by atoms with Gasteiger partial charge in [-0.15, -0.1) is 0 Å². The molecule has 0 saturated carbocycles. The van der Waals surface area contributed by atoms with E-state index in [9.17, 15) is 9.59 Å². The van der Waals surface area contributed by atoms with Crippen LogP contribution in [0.3, 0.4) is 0 Å². The van der Waals surface area contributed by atoms with E-state index in [0.717, 1.165) is 25.9 Å². The molecule has 2 heterocycles. The molecule has 0 unspecified atom stereocenters. The van der Waals surface area contributed by atoms with Crippen LogP contribution in [0.15, 0.2) is 18.3 Å². The molecule has 0 spiro atoms. The Labute approximate surface area is 99.4 Å². The fourth-order valence-corrected chi connectivity index (χ4v) is 1.76. The van der Waals surface area contributed by atoms with E-state index < -0.39 is 0 Å². The third kappa shape index (κ3) is 3.03. The van der Waals surface area contributed by atoms with Crippen molar-refractivity contribution in [3.05, 3.63) is 24.0 Å². The standard InChI is InChI=1S/C12H14N2O3/c15-9-10-4-5-11(8-13-10)17-12(16)14-6-2-1-3-7-14/h4-5,8-9H,1-3,6-7H2. The van der Waals surface area contributed by atoms with Gasteiger partial charge in [-0.3, -0.25) is 4.79 Å². The molecule has 90 valence electrons. The summed E-state index contributed by atoms with van der Waals surface area (Å²) in [5, 5.41) is 0. The van der Waals surface area contributed by atoms with Gasteiger partial charge < -0.3 is 9.64 Å². The third-order valence-corrected chi connectivity index (χ3v) is 2.70. The molecule has 1 saturated heterocycles. The Morgan fingerprint density at radius 1 is 1.29 bits per heavy atom. The van der Waals surface area contributed by atoms with Crippen LogP contribution in [0.25, 0.3) is 0 Å². The largest absolute Gasteiger partial charge is 0.415 e. The van der Waals surface area contributed by atoms with Crippen molar-refractivity contribution in [2.24, 2.45) is 0 Å². The summed E-state index contributed by atoms with van der Waals surface area (Å²) in [7, 11) is 0. The Bertz CT molecular complexity index is 397. The van der Waals surface area contributed by atoms with Crippen LogP contribution in [0.5, 0.6) is 5.75 Å². The van der Waals surface area contributed by atoms with Gasteiger partial charge in [0, 0.05) is 13.1 Å². The Morgan fingerprint density at radius 3 is 2.65 bits per heavy atom. The fourth-order valence-electron chi connectivity index (χ4n) is 1.76. The van der Waals surface area contributed by atoms with Crippen LogP contribution in [0.1, 0.15) is 29.8 Å². The quantitative estimate of drug-likeness (QED) is 0.733. The number of pyridine rings is 1. The Hall–Kier alpha value is -1.91. The van der Waals surface area contributed by atoms with Gasteiger partial charge in [-0.1, -0.05) is 0 Å². The van der Waals surface area contributed by atoms with E-state index in [4.69, 9.17) is 4.74 Å². The van der Waals surface area contributed by atoms with Gasteiger partial charge in [0.25, 0.3) is 0 Å². The van der Waals surface area contributed by atoms with E-state index in [1.54, 1.807) is 11.0 Å². The van der Waals surface area contributed by atoms with E-state index in [2.05, 4.69) is 4.98 Å². The number of likely N-dealkylation sites (tertiary alicyclic amines) is 1. The van der Waals surface area contributed by atoms with Gasteiger partial charge in [-0.25, -0.2) is 9.78 Å². The van der Waals surface area contributed by atoms with Gasteiger partial charge in [0.1, 0.15) is 5.69 Å². The average Bonchev–Trinajstić information content (AvgIpc) is 2.40. The van der Waals surface area contributed by atoms with Crippen LogP contribution in [-0.2, 0) is 0 Å². The molecule has 5 nitrogen and oxygen atoms in total. The molecule has 1 aromatic rings. The second kappa shape index (κ2) is 5.43. The SMILES string of the molecule is O=Cc1ccc(OC(=O)N2CCCCC2)cn1. The number of carbonyl (C=O) groups excluding carboxylic acids is 2. The number of hydrogen-bond acceptors (Lipinski definition) is 4. The van der Waals surface area contributed by atoms with E-state index in [1.807, 2.05) is 0 Å². The molecular weight excluding hydrogens is 220 g/mol. The lowest BCUT2D eigenvalue weighted by Gasteiger charge is -2.25. The van der Waals surface area contributed by atoms with Gasteiger partial charge in [0.15, 0.2) is 12.0 Å². The van der Waals surface area contributed by atoms with Crippen LogP contribution in [-0.4, -0.2) is 35.4 Å². The van der Waals surface area contributed by atoms with E-state index >= 15 is 0 Å². The molecule has 1 aliphatic rings. The molecule has 1 fully saturated rings. The maximum atomic E-state index is 11.7. The van der Waals surface area contributed by atoms with Crippen LogP contribution in [0.2, 0.25) is 0 Å². The molecule has 1 aliphatic heterocycles. The molecular formula is C12H14N2O3. The van der Waals surface area contributed by atoms with Gasteiger partial charge in [-0.05, 0) is 31.4 Å². The Morgan fingerprint density at radius 2 is 2.06 bits per heavy atom. The van der Waals surface area contributed by atoms with Crippen LogP contribution in [0.4, 0.5) is 4.79 Å². The molecule has 17 heavy (non-hydrogen) atoms. The van der Waals surface area contributed by atoms with Crippen LogP contribution < -0.4 is 4.74 Å². The summed E-state index contributed by atoms with van der Waals surface area (Å²) in [6.45, 7) is 1.50.